The molecular formula is C18H24N4O2. The van der Waals surface area contributed by atoms with Crippen molar-refractivity contribution in [3.63, 3.8) is 0 Å². The predicted molar refractivity (Wildman–Crippen MR) is 91.7 cm³/mol. The van der Waals surface area contributed by atoms with E-state index in [1.54, 1.807) is 10.9 Å². The number of aromatic nitrogens is 2. The van der Waals surface area contributed by atoms with Crippen LogP contribution in [-0.4, -0.2) is 40.4 Å². The van der Waals surface area contributed by atoms with Crippen LogP contribution >= 0.6 is 0 Å². The summed E-state index contributed by atoms with van der Waals surface area (Å²) < 4.78 is 7.56. The summed E-state index contributed by atoms with van der Waals surface area (Å²) in [6.45, 7) is 2.79. The van der Waals surface area contributed by atoms with Crippen molar-refractivity contribution in [3.05, 3.63) is 48.3 Å². The Bertz CT molecular complexity index is 648. The Morgan fingerprint density at radius 3 is 2.71 bits per heavy atom. The topological polar surface area (TPSA) is 59.4 Å². The lowest BCUT2D eigenvalue weighted by molar-refractivity contribution is 0.145. The van der Waals surface area contributed by atoms with E-state index in [1.165, 1.54) is 0 Å². The molecule has 1 saturated heterocycles. The van der Waals surface area contributed by atoms with E-state index < -0.39 is 0 Å². The molecule has 0 unspecified atom stereocenters. The monoisotopic (exact) mass is 328 g/mol. The lowest BCUT2D eigenvalue weighted by Crippen LogP contribution is -2.44. The van der Waals surface area contributed by atoms with Crippen LogP contribution in [-0.2, 0) is 13.6 Å². The van der Waals surface area contributed by atoms with Crippen LogP contribution in [0.25, 0.3) is 0 Å². The number of benzene rings is 1. The summed E-state index contributed by atoms with van der Waals surface area (Å²) in [6.07, 6.45) is 5.64. The summed E-state index contributed by atoms with van der Waals surface area (Å²) in [6, 6.07) is 9.88. The molecule has 24 heavy (non-hydrogen) atoms. The number of hydrogen-bond acceptors (Lipinski definition) is 3. The second kappa shape index (κ2) is 7.86. The highest BCUT2D eigenvalue weighted by Gasteiger charge is 2.23. The Hall–Kier alpha value is -2.50. The second-order valence-electron chi connectivity index (χ2n) is 6.24. The number of carbonyl (C=O) groups excluding carboxylic acids is 1. The molecule has 0 radical (unpaired) electrons. The predicted octanol–water partition coefficient (Wildman–Crippen LogP) is 2.42. The second-order valence-corrected chi connectivity index (χ2v) is 6.24. The highest BCUT2D eigenvalue weighted by molar-refractivity contribution is 5.74. The average Bonchev–Trinajstić information content (AvgIpc) is 3.04. The molecule has 6 nitrogen and oxygen atoms in total. The van der Waals surface area contributed by atoms with E-state index in [4.69, 9.17) is 4.74 Å². The number of hydrogen-bond donors (Lipinski definition) is 1. The molecule has 2 heterocycles. The zero-order chi connectivity index (χ0) is 16.8. The van der Waals surface area contributed by atoms with Crippen LogP contribution in [0.4, 0.5) is 4.79 Å². The van der Waals surface area contributed by atoms with Crippen LogP contribution in [0.3, 0.4) is 0 Å². The van der Waals surface area contributed by atoms with E-state index in [9.17, 15) is 4.79 Å². The van der Waals surface area contributed by atoms with Gasteiger partial charge in [0.2, 0.25) is 0 Å². The molecule has 6 heteroatoms. The fraction of sp³-hybridized carbons (Fsp3) is 0.444. The first-order chi connectivity index (χ1) is 11.7. The maximum atomic E-state index is 12.2. The molecule has 1 aliphatic rings. The van der Waals surface area contributed by atoms with Crippen LogP contribution in [0.2, 0.25) is 0 Å². The van der Waals surface area contributed by atoms with Crippen LogP contribution in [0, 0.1) is 5.92 Å². The highest BCUT2D eigenvalue weighted by atomic mass is 16.5. The Labute approximate surface area is 142 Å². The normalized spacial score (nSPS) is 15.3. The number of ether oxygens (including phenoxy) is 1. The molecule has 2 aromatic rings. The van der Waals surface area contributed by atoms with Gasteiger partial charge in [0.05, 0.1) is 12.8 Å². The van der Waals surface area contributed by atoms with Crippen molar-refractivity contribution < 1.29 is 9.53 Å². The van der Waals surface area contributed by atoms with Gasteiger partial charge in [0.15, 0.2) is 0 Å². The van der Waals surface area contributed by atoms with Crippen molar-refractivity contribution in [1.82, 2.24) is 20.0 Å². The van der Waals surface area contributed by atoms with Gasteiger partial charge in [0.1, 0.15) is 5.75 Å². The summed E-state index contributed by atoms with van der Waals surface area (Å²) in [7, 11) is 1.87. The van der Waals surface area contributed by atoms with E-state index in [0.29, 0.717) is 12.5 Å². The quantitative estimate of drug-likeness (QED) is 0.917. The van der Waals surface area contributed by atoms with Crippen LogP contribution in [0.1, 0.15) is 18.4 Å². The van der Waals surface area contributed by atoms with Gasteiger partial charge in [-0.05, 0) is 30.9 Å². The van der Waals surface area contributed by atoms with Crippen molar-refractivity contribution in [2.75, 3.05) is 19.7 Å². The number of carbonyl (C=O) groups is 1. The molecule has 0 aliphatic carbocycles. The van der Waals surface area contributed by atoms with Crippen LogP contribution < -0.4 is 10.1 Å². The summed E-state index contributed by atoms with van der Waals surface area (Å²) in [5.41, 5.74) is 1.01. The molecule has 1 fully saturated rings. The first kappa shape index (κ1) is 16.4. The number of urea groups is 1. The molecule has 3 rings (SSSR count). The summed E-state index contributed by atoms with van der Waals surface area (Å²) in [4.78, 5) is 14.1. The number of nitrogens with one attached hydrogen (secondary N) is 1. The Balaban J connectivity index is 1.37. The number of piperidine rings is 1. The van der Waals surface area contributed by atoms with Gasteiger partial charge in [0.25, 0.3) is 0 Å². The van der Waals surface area contributed by atoms with Gasteiger partial charge in [-0.1, -0.05) is 18.2 Å². The third-order valence-corrected chi connectivity index (χ3v) is 4.33. The van der Waals surface area contributed by atoms with Crippen molar-refractivity contribution in [2.45, 2.75) is 19.4 Å². The van der Waals surface area contributed by atoms with Gasteiger partial charge in [-0.15, -0.1) is 0 Å². The van der Waals surface area contributed by atoms with Gasteiger partial charge in [-0.25, -0.2) is 4.79 Å². The smallest absolute Gasteiger partial charge is 0.317 e. The third-order valence-electron chi connectivity index (χ3n) is 4.33. The molecule has 1 aromatic heterocycles. The van der Waals surface area contributed by atoms with Gasteiger partial charge in [0, 0.05) is 38.4 Å². The van der Waals surface area contributed by atoms with E-state index in [1.807, 2.05) is 48.5 Å². The molecule has 1 aliphatic heterocycles. The molecule has 0 spiro atoms. The zero-order valence-corrected chi connectivity index (χ0v) is 14.0. The maximum absolute atomic E-state index is 12.2. The van der Waals surface area contributed by atoms with E-state index in [2.05, 4.69) is 10.4 Å². The van der Waals surface area contributed by atoms with Crippen molar-refractivity contribution >= 4 is 6.03 Å². The molecule has 0 bridgehead atoms. The third kappa shape index (κ3) is 4.50. The number of rotatable bonds is 5. The number of likely N-dealkylation sites (tertiary alicyclic amines) is 1. The number of aryl methyl sites for hydroxylation is 1. The SMILES string of the molecule is Cn1cc(CNC(=O)N2CCC(COc3ccccc3)CC2)cn1. The first-order valence-corrected chi connectivity index (χ1v) is 8.39. The summed E-state index contributed by atoms with van der Waals surface area (Å²) in [5, 5.41) is 7.06. The van der Waals surface area contributed by atoms with E-state index >= 15 is 0 Å². The van der Waals surface area contributed by atoms with E-state index in [0.717, 1.165) is 43.9 Å². The number of para-hydroxylation sites is 1. The molecule has 128 valence electrons. The minimum Gasteiger partial charge on any atom is -0.493 e. The molecule has 0 atom stereocenters. The van der Waals surface area contributed by atoms with Crippen molar-refractivity contribution in [2.24, 2.45) is 13.0 Å². The summed E-state index contributed by atoms with van der Waals surface area (Å²) >= 11 is 0. The molecule has 2 amide bonds. The van der Waals surface area contributed by atoms with Crippen LogP contribution in [0.5, 0.6) is 5.75 Å². The molecular weight excluding hydrogens is 304 g/mol. The van der Waals surface area contributed by atoms with Gasteiger partial charge < -0.3 is 15.0 Å². The molecule has 1 N–H and O–H groups in total. The minimum absolute atomic E-state index is 0.00119. The maximum Gasteiger partial charge on any atom is 0.317 e. The Morgan fingerprint density at radius 1 is 1.29 bits per heavy atom. The van der Waals surface area contributed by atoms with Gasteiger partial charge >= 0.3 is 6.03 Å². The first-order valence-electron chi connectivity index (χ1n) is 8.39. The largest absolute Gasteiger partial charge is 0.493 e. The minimum atomic E-state index is 0.00119. The van der Waals surface area contributed by atoms with Crippen LogP contribution in [0.15, 0.2) is 42.7 Å². The Kier molecular flexibility index (Phi) is 5.36. The average molecular weight is 328 g/mol. The van der Waals surface area contributed by atoms with Crippen molar-refractivity contribution in [1.29, 1.82) is 0 Å². The highest BCUT2D eigenvalue weighted by Crippen LogP contribution is 2.19. The number of nitrogens with zero attached hydrogens (tertiary/aromatic N) is 3. The Morgan fingerprint density at radius 2 is 2.04 bits per heavy atom. The fourth-order valence-corrected chi connectivity index (χ4v) is 2.89. The molecule has 0 saturated carbocycles. The van der Waals surface area contributed by atoms with Gasteiger partial charge in [-0.3, -0.25) is 4.68 Å². The van der Waals surface area contributed by atoms with E-state index in [-0.39, 0.29) is 6.03 Å². The number of amides is 2. The van der Waals surface area contributed by atoms with Gasteiger partial charge in [-0.2, -0.15) is 5.10 Å². The summed E-state index contributed by atoms with van der Waals surface area (Å²) in [5.74, 6) is 1.42. The lowest BCUT2D eigenvalue weighted by atomic mass is 9.98. The lowest BCUT2D eigenvalue weighted by Gasteiger charge is -2.31. The fourth-order valence-electron chi connectivity index (χ4n) is 2.89. The van der Waals surface area contributed by atoms with Crippen molar-refractivity contribution in [3.8, 4) is 5.75 Å². The standard InChI is InChI=1S/C18H24N4O2/c1-21-13-16(12-20-21)11-19-18(23)22-9-7-15(8-10-22)14-24-17-5-3-2-4-6-17/h2-6,12-13,15H,7-11,14H2,1H3,(H,19,23). The zero-order valence-electron chi connectivity index (χ0n) is 14.0. The molecule has 1 aromatic carbocycles.